The minimum absolute atomic E-state index is 0.0306. The van der Waals surface area contributed by atoms with Gasteiger partial charge >= 0.3 is 6.03 Å². The predicted octanol–water partition coefficient (Wildman–Crippen LogP) is 2.98. The van der Waals surface area contributed by atoms with Gasteiger partial charge in [-0.15, -0.1) is 10.2 Å². The first-order valence-electron chi connectivity index (χ1n) is 10.6. The molecule has 0 unspecified atom stereocenters. The predicted molar refractivity (Wildman–Crippen MR) is 128 cm³/mol. The van der Waals surface area contributed by atoms with Crippen LogP contribution in [0.25, 0.3) is 22.4 Å². The summed E-state index contributed by atoms with van der Waals surface area (Å²) in [5.74, 6) is -0.116. The third-order valence-corrected chi connectivity index (χ3v) is 6.11. The Balaban J connectivity index is 1.78. The summed E-state index contributed by atoms with van der Waals surface area (Å²) in [6.45, 7) is 6.31. The highest BCUT2D eigenvalue weighted by molar-refractivity contribution is 7.99. The number of imide groups is 1. The summed E-state index contributed by atoms with van der Waals surface area (Å²) in [5, 5.41) is 14.4. The van der Waals surface area contributed by atoms with E-state index in [9.17, 15) is 14.4 Å². The second kappa shape index (κ2) is 9.45. The number of para-hydroxylation sites is 2. The number of nitrogens with one attached hydrogen (secondary N) is 2. The standard InChI is InChI=1S/C23H24N6O3S/c1-4-12-24-21(32)25-18(30)13-33-23-27-26-22-28(23)17-11-6-5-10-16(17)20(31)29(22)19-14(2)8-7-9-15(19)3/h5-11H,4,12-13H2,1-3H3,(H2,24,25,30,32). The Morgan fingerprint density at radius 3 is 2.48 bits per heavy atom. The van der Waals surface area contributed by atoms with Crippen LogP contribution in [0.15, 0.2) is 52.4 Å². The smallest absolute Gasteiger partial charge is 0.321 e. The van der Waals surface area contributed by atoms with E-state index in [4.69, 9.17) is 0 Å². The number of nitrogens with zero attached hydrogens (tertiary/aromatic N) is 4. The number of hydrogen-bond acceptors (Lipinski definition) is 6. The van der Waals surface area contributed by atoms with Crippen molar-refractivity contribution in [2.45, 2.75) is 32.3 Å². The van der Waals surface area contributed by atoms with E-state index in [2.05, 4.69) is 20.8 Å². The first kappa shape index (κ1) is 22.5. The van der Waals surface area contributed by atoms with Crippen molar-refractivity contribution in [1.29, 1.82) is 0 Å². The zero-order chi connectivity index (χ0) is 23.5. The molecule has 33 heavy (non-hydrogen) atoms. The van der Waals surface area contributed by atoms with Crippen LogP contribution >= 0.6 is 11.8 Å². The minimum Gasteiger partial charge on any atom is -0.338 e. The molecule has 0 bridgehead atoms. The number of aryl methyl sites for hydroxylation is 2. The lowest BCUT2D eigenvalue weighted by Gasteiger charge is -2.15. The molecule has 0 atom stereocenters. The average molecular weight is 465 g/mol. The summed E-state index contributed by atoms with van der Waals surface area (Å²) in [4.78, 5) is 37.5. The van der Waals surface area contributed by atoms with E-state index in [1.54, 1.807) is 15.0 Å². The number of urea groups is 1. The SMILES string of the molecule is CCCNC(=O)NC(=O)CSc1nnc2n(-c3c(C)cccc3C)c(=O)c3ccccc3n12. The molecular weight excluding hydrogens is 440 g/mol. The molecule has 0 aliphatic rings. The summed E-state index contributed by atoms with van der Waals surface area (Å²) in [6, 6.07) is 12.5. The van der Waals surface area contributed by atoms with Gasteiger partial charge in [-0.05, 0) is 43.5 Å². The van der Waals surface area contributed by atoms with Crippen molar-refractivity contribution < 1.29 is 9.59 Å². The number of thioether (sulfide) groups is 1. The van der Waals surface area contributed by atoms with Crippen LogP contribution in [-0.2, 0) is 4.79 Å². The van der Waals surface area contributed by atoms with Crippen molar-refractivity contribution in [3.63, 3.8) is 0 Å². The molecule has 10 heteroatoms. The van der Waals surface area contributed by atoms with Gasteiger partial charge in [-0.1, -0.05) is 49.0 Å². The van der Waals surface area contributed by atoms with Crippen LogP contribution in [0.2, 0.25) is 0 Å². The zero-order valence-corrected chi connectivity index (χ0v) is 19.4. The number of rotatable bonds is 6. The fourth-order valence-corrected chi connectivity index (χ4v) is 4.45. The largest absolute Gasteiger partial charge is 0.338 e. The lowest BCUT2D eigenvalue weighted by molar-refractivity contribution is -0.117. The fraction of sp³-hybridized carbons (Fsp3) is 0.261. The number of benzene rings is 2. The van der Waals surface area contributed by atoms with Gasteiger partial charge in [0.25, 0.3) is 5.56 Å². The normalized spacial score (nSPS) is 11.1. The second-order valence-corrected chi connectivity index (χ2v) is 8.55. The molecule has 2 aromatic heterocycles. The van der Waals surface area contributed by atoms with E-state index >= 15 is 0 Å². The van der Waals surface area contributed by atoms with Crippen LogP contribution in [0.4, 0.5) is 4.79 Å². The van der Waals surface area contributed by atoms with Crippen LogP contribution in [0, 0.1) is 13.8 Å². The van der Waals surface area contributed by atoms with Crippen LogP contribution < -0.4 is 16.2 Å². The Morgan fingerprint density at radius 2 is 1.76 bits per heavy atom. The lowest BCUT2D eigenvalue weighted by atomic mass is 10.1. The molecule has 2 aromatic carbocycles. The molecule has 0 spiro atoms. The maximum atomic E-state index is 13.5. The summed E-state index contributed by atoms with van der Waals surface area (Å²) >= 11 is 1.15. The monoisotopic (exact) mass is 464 g/mol. The molecule has 2 N–H and O–H groups in total. The molecule has 0 saturated carbocycles. The number of aromatic nitrogens is 4. The van der Waals surface area contributed by atoms with Gasteiger partial charge in [-0.3, -0.25) is 19.3 Å². The summed E-state index contributed by atoms with van der Waals surface area (Å²) in [6.07, 6.45) is 0.775. The topological polar surface area (TPSA) is 110 Å². The van der Waals surface area contributed by atoms with Gasteiger partial charge in [0.2, 0.25) is 11.7 Å². The Morgan fingerprint density at radius 1 is 1.03 bits per heavy atom. The molecule has 9 nitrogen and oxygen atoms in total. The van der Waals surface area contributed by atoms with Gasteiger partial charge < -0.3 is 5.32 Å². The maximum absolute atomic E-state index is 13.5. The molecule has 4 rings (SSSR count). The number of amides is 3. The van der Waals surface area contributed by atoms with Crippen molar-refractivity contribution in [2.24, 2.45) is 0 Å². The Kier molecular flexibility index (Phi) is 6.45. The van der Waals surface area contributed by atoms with E-state index in [1.807, 2.05) is 57.2 Å². The quantitative estimate of drug-likeness (QED) is 0.425. The average Bonchev–Trinajstić information content (AvgIpc) is 3.22. The number of carbonyl (C=O) groups excluding carboxylic acids is 2. The van der Waals surface area contributed by atoms with Gasteiger partial charge in [0.05, 0.1) is 22.3 Å². The van der Waals surface area contributed by atoms with Crippen LogP contribution in [-0.4, -0.2) is 43.4 Å². The van der Waals surface area contributed by atoms with Crippen molar-refractivity contribution >= 4 is 40.4 Å². The molecular formula is C23H24N6O3S. The Bertz CT molecular complexity index is 1410. The summed E-state index contributed by atoms with van der Waals surface area (Å²) in [5.41, 5.74) is 3.08. The highest BCUT2D eigenvalue weighted by Gasteiger charge is 2.20. The lowest BCUT2D eigenvalue weighted by Crippen LogP contribution is -2.40. The highest BCUT2D eigenvalue weighted by Crippen LogP contribution is 2.25. The summed E-state index contributed by atoms with van der Waals surface area (Å²) < 4.78 is 3.35. The molecule has 4 aromatic rings. The van der Waals surface area contributed by atoms with E-state index < -0.39 is 11.9 Å². The van der Waals surface area contributed by atoms with Gasteiger partial charge in [-0.25, -0.2) is 9.36 Å². The first-order valence-corrected chi connectivity index (χ1v) is 11.6. The molecule has 3 amide bonds. The van der Waals surface area contributed by atoms with Crippen LogP contribution in [0.5, 0.6) is 0 Å². The zero-order valence-electron chi connectivity index (χ0n) is 18.6. The van der Waals surface area contributed by atoms with Gasteiger partial charge in [-0.2, -0.15) is 0 Å². The van der Waals surface area contributed by atoms with Gasteiger partial charge in [0, 0.05) is 6.54 Å². The summed E-state index contributed by atoms with van der Waals surface area (Å²) in [7, 11) is 0. The van der Waals surface area contributed by atoms with Crippen molar-refractivity contribution in [3.05, 3.63) is 63.9 Å². The van der Waals surface area contributed by atoms with Gasteiger partial charge in [0.1, 0.15) is 0 Å². The second-order valence-electron chi connectivity index (χ2n) is 7.61. The maximum Gasteiger partial charge on any atom is 0.321 e. The Labute approximate surface area is 194 Å². The third kappa shape index (κ3) is 4.34. The van der Waals surface area contributed by atoms with Crippen molar-refractivity contribution in [3.8, 4) is 5.69 Å². The first-order chi connectivity index (χ1) is 15.9. The molecule has 0 saturated heterocycles. The van der Waals surface area contributed by atoms with E-state index in [0.717, 1.165) is 35.0 Å². The number of hydrogen-bond donors (Lipinski definition) is 2. The van der Waals surface area contributed by atoms with Crippen molar-refractivity contribution in [1.82, 2.24) is 29.8 Å². The number of carbonyl (C=O) groups is 2. The molecule has 0 fully saturated rings. The third-order valence-electron chi connectivity index (χ3n) is 5.18. The number of fused-ring (bicyclic) bond motifs is 3. The Hall–Kier alpha value is -3.66. The molecule has 0 aliphatic carbocycles. The molecule has 0 aliphatic heterocycles. The van der Waals surface area contributed by atoms with Crippen molar-refractivity contribution in [2.75, 3.05) is 12.3 Å². The fourth-order valence-electron chi connectivity index (χ4n) is 3.71. The minimum atomic E-state index is -0.525. The highest BCUT2D eigenvalue weighted by atomic mass is 32.2. The molecule has 170 valence electrons. The van der Waals surface area contributed by atoms with E-state index in [0.29, 0.717) is 28.4 Å². The van der Waals surface area contributed by atoms with Crippen LogP contribution in [0.1, 0.15) is 24.5 Å². The van der Waals surface area contributed by atoms with Crippen LogP contribution in [0.3, 0.4) is 0 Å². The molecule has 2 heterocycles. The molecule has 0 radical (unpaired) electrons. The van der Waals surface area contributed by atoms with E-state index in [1.165, 1.54) is 0 Å². The van der Waals surface area contributed by atoms with Gasteiger partial charge in [0.15, 0.2) is 5.16 Å². The van der Waals surface area contributed by atoms with E-state index in [-0.39, 0.29) is 11.3 Å².